The van der Waals surface area contributed by atoms with E-state index in [2.05, 4.69) is 0 Å². The lowest BCUT2D eigenvalue weighted by Crippen LogP contribution is -2.23. The molecule has 0 unspecified atom stereocenters. The summed E-state index contributed by atoms with van der Waals surface area (Å²) in [7, 11) is 2.98. The van der Waals surface area contributed by atoms with Crippen molar-refractivity contribution in [2.45, 2.75) is 13.1 Å². The van der Waals surface area contributed by atoms with Crippen molar-refractivity contribution in [3.8, 4) is 0 Å². The second-order valence-electron chi connectivity index (χ2n) is 2.67. The van der Waals surface area contributed by atoms with Gasteiger partial charge in [-0.15, -0.1) is 0 Å². The van der Waals surface area contributed by atoms with E-state index in [-0.39, 0.29) is 12.5 Å². The van der Waals surface area contributed by atoms with E-state index < -0.39 is 12.0 Å². The lowest BCUT2D eigenvalue weighted by molar-refractivity contribution is -0.165. The van der Waals surface area contributed by atoms with Crippen LogP contribution in [0, 0.1) is 0 Å². The third kappa shape index (κ3) is 4.15. The molecule has 0 N–H and O–H groups in total. The zero-order chi connectivity index (χ0) is 11.4. The first-order valence-electron chi connectivity index (χ1n) is 3.92. The normalized spacial score (nSPS) is 12.6. The van der Waals surface area contributed by atoms with Crippen LogP contribution in [0.15, 0.2) is 12.0 Å². The van der Waals surface area contributed by atoms with Crippen LogP contribution in [0.1, 0.15) is 6.92 Å². The zero-order valence-electron chi connectivity index (χ0n) is 8.18. The van der Waals surface area contributed by atoms with Crippen molar-refractivity contribution in [3.05, 3.63) is 12.0 Å². The van der Waals surface area contributed by atoms with Crippen molar-refractivity contribution in [2.75, 3.05) is 20.7 Å². The summed E-state index contributed by atoms with van der Waals surface area (Å²) in [6, 6.07) is 0. The molecule has 0 aliphatic rings. The Bertz CT molecular complexity index is 233. The quantitative estimate of drug-likeness (QED) is 0.522. The van der Waals surface area contributed by atoms with E-state index in [4.69, 9.17) is 4.74 Å². The number of allylic oxidation sites excluding steroid dienone is 1. The Morgan fingerprint density at radius 1 is 1.43 bits per heavy atom. The van der Waals surface area contributed by atoms with E-state index in [1.165, 1.54) is 19.0 Å². The highest BCUT2D eigenvalue weighted by atomic mass is 19.4. The van der Waals surface area contributed by atoms with Gasteiger partial charge in [0.05, 0.1) is 12.7 Å². The molecule has 0 aromatic rings. The third-order valence-corrected chi connectivity index (χ3v) is 1.27. The summed E-state index contributed by atoms with van der Waals surface area (Å²) < 4.78 is 40.4. The monoisotopic (exact) mass is 211 g/mol. The summed E-state index contributed by atoms with van der Waals surface area (Å²) in [5, 5.41) is 0. The number of ketones is 1. The number of carbonyl (C=O) groups is 1. The highest BCUT2D eigenvalue weighted by molar-refractivity contribution is 5.94. The molecule has 0 aliphatic carbocycles. The standard InChI is InChI=1S/C8H12F3NO2/c1-4-14-7(12(2)3)5-6(13)8(9,10)11/h5H,4H2,1-3H3/b7-5-. The first-order chi connectivity index (χ1) is 6.29. The molecule has 82 valence electrons. The van der Waals surface area contributed by atoms with Gasteiger partial charge >= 0.3 is 6.18 Å². The number of carbonyl (C=O) groups excluding carboxylic acids is 1. The van der Waals surface area contributed by atoms with Crippen molar-refractivity contribution >= 4 is 5.78 Å². The molecule has 0 fully saturated rings. The Balaban J connectivity index is 4.66. The molecular formula is C8H12F3NO2. The van der Waals surface area contributed by atoms with Crippen LogP contribution in [-0.2, 0) is 9.53 Å². The lowest BCUT2D eigenvalue weighted by Gasteiger charge is -2.16. The van der Waals surface area contributed by atoms with Gasteiger partial charge in [0.2, 0.25) is 0 Å². The highest BCUT2D eigenvalue weighted by Crippen LogP contribution is 2.18. The predicted molar refractivity (Wildman–Crippen MR) is 44.5 cm³/mol. The van der Waals surface area contributed by atoms with Crippen molar-refractivity contribution in [3.63, 3.8) is 0 Å². The number of ether oxygens (including phenoxy) is 1. The van der Waals surface area contributed by atoms with E-state index in [9.17, 15) is 18.0 Å². The van der Waals surface area contributed by atoms with Gasteiger partial charge in [0.25, 0.3) is 5.78 Å². The Morgan fingerprint density at radius 3 is 2.21 bits per heavy atom. The SMILES string of the molecule is CCO/C(=C\C(=O)C(F)(F)F)N(C)C. The maximum atomic E-state index is 11.8. The Labute approximate surface area is 80.1 Å². The molecule has 6 heteroatoms. The van der Waals surface area contributed by atoms with Crippen LogP contribution in [0.25, 0.3) is 0 Å². The fourth-order valence-electron chi connectivity index (χ4n) is 0.642. The largest absolute Gasteiger partial charge is 0.479 e. The van der Waals surface area contributed by atoms with Crippen LogP contribution in [0.4, 0.5) is 13.2 Å². The average molecular weight is 211 g/mol. The predicted octanol–water partition coefficient (Wildman–Crippen LogP) is 1.56. The molecule has 0 atom stereocenters. The van der Waals surface area contributed by atoms with E-state index in [0.717, 1.165) is 0 Å². The van der Waals surface area contributed by atoms with Gasteiger partial charge in [0.15, 0.2) is 5.88 Å². The number of hydrogen-bond acceptors (Lipinski definition) is 3. The fourth-order valence-corrected chi connectivity index (χ4v) is 0.642. The third-order valence-electron chi connectivity index (χ3n) is 1.27. The number of rotatable bonds is 4. The van der Waals surface area contributed by atoms with Gasteiger partial charge in [-0.05, 0) is 6.92 Å². The lowest BCUT2D eigenvalue weighted by atomic mass is 10.3. The van der Waals surface area contributed by atoms with Crippen molar-refractivity contribution in [1.29, 1.82) is 0 Å². The van der Waals surface area contributed by atoms with E-state index in [1.807, 2.05) is 0 Å². The molecule has 0 spiro atoms. The number of halogens is 3. The molecular weight excluding hydrogens is 199 g/mol. The van der Waals surface area contributed by atoms with E-state index in [1.54, 1.807) is 6.92 Å². The van der Waals surface area contributed by atoms with Crippen molar-refractivity contribution in [1.82, 2.24) is 4.90 Å². The number of nitrogens with zero attached hydrogens (tertiary/aromatic N) is 1. The number of hydrogen-bond donors (Lipinski definition) is 0. The van der Waals surface area contributed by atoms with Crippen molar-refractivity contribution in [2.24, 2.45) is 0 Å². The summed E-state index contributed by atoms with van der Waals surface area (Å²) in [6.07, 6.45) is -4.41. The van der Waals surface area contributed by atoms with E-state index in [0.29, 0.717) is 6.08 Å². The summed E-state index contributed by atoms with van der Waals surface area (Å²) in [5.41, 5.74) is 0. The summed E-state index contributed by atoms with van der Waals surface area (Å²) in [5.74, 6) is -2.02. The summed E-state index contributed by atoms with van der Waals surface area (Å²) in [4.78, 5) is 11.8. The molecule has 0 bridgehead atoms. The Morgan fingerprint density at radius 2 is 1.93 bits per heavy atom. The van der Waals surface area contributed by atoms with Gasteiger partial charge < -0.3 is 9.64 Å². The first kappa shape index (κ1) is 12.8. The van der Waals surface area contributed by atoms with Crippen LogP contribution >= 0.6 is 0 Å². The molecule has 0 amide bonds. The molecule has 0 aromatic carbocycles. The fraction of sp³-hybridized carbons (Fsp3) is 0.625. The Hall–Kier alpha value is -1.20. The van der Waals surface area contributed by atoms with Crippen LogP contribution in [-0.4, -0.2) is 37.6 Å². The van der Waals surface area contributed by atoms with Gasteiger partial charge in [-0.25, -0.2) is 0 Å². The van der Waals surface area contributed by atoms with Gasteiger partial charge in [-0.2, -0.15) is 13.2 Å². The minimum atomic E-state index is -4.85. The van der Waals surface area contributed by atoms with Crippen molar-refractivity contribution < 1.29 is 22.7 Å². The zero-order valence-corrected chi connectivity index (χ0v) is 8.18. The average Bonchev–Trinajstić information content (AvgIpc) is 2.01. The highest BCUT2D eigenvalue weighted by Gasteiger charge is 2.37. The molecule has 0 aliphatic heterocycles. The smallest absolute Gasteiger partial charge is 0.454 e. The van der Waals surface area contributed by atoms with Gasteiger partial charge in [-0.1, -0.05) is 0 Å². The summed E-state index contributed by atoms with van der Waals surface area (Å²) >= 11 is 0. The minimum Gasteiger partial charge on any atom is -0.479 e. The summed E-state index contributed by atoms with van der Waals surface area (Å²) in [6.45, 7) is 1.82. The Kier molecular flexibility index (Phi) is 4.46. The molecule has 3 nitrogen and oxygen atoms in total. The second kappa shape index (κ2) is 4.88. The minimum absolute atomic E-state index is 0.102. The van der Waals surface area contributed by atoms with Gasteiger partial charge in [0, 0.05) is 14.1 Å². The second-order valence-corrected chi connectivity index (χ2v) is 2.67. The molecule has 0 radical (unpaired) electrons. The van der Waals surface area contributed by atoms with E-state index >= 15 is 0 Å². The molecule has 14 heavy (non-hydrogen) atoms. The molecule has 0 rings (SSSR count). The van der Waals surface area contributed by atoms with Crippen LogP contribution < -0.4 is 0 Å². The van der Waals surface area contributed by atoms with Crippen LogP contribution in [0.5, 0.6) is 0 Å². The molecule has 0 aromatic heterocycles. The van der Waals surface area contributed by atoms with Gasteiger partial charge in [-0.3, -0.25) is 4.79 Å². The molecule has 0 heterocycles. The number of alkyl halides is 3. The molecule has 0 saturated carbocycles. The maximum absolute atomic E-state index is 11.8. The topological polar surface area (TPSA) is 29.5 Å². The van der Waals surface area contributed by atoms with Gasteiger partial charge in [0.1, 0.15) is 0 Å². The maximum Gasteiger partial charge on any atom is 0.454 e. The first-order valence-corrected chi connectivity index (χ1v) is 3.92. The molecule has 0 saturated heterocycles. The van der Waals surface area contributed by atoms with Crippen LogP contribution in [0.2, 0.25) is 0 Å². The van der Waals surface area contributed by atoms with Crippen LogP contribution in [0.3, 0.4) is 0 Å².